The maximum Gasteiger partial charge on any atom is 0.308 e. The van der Waals surface area contributed by atoms with Crippen LogP contribution in [0, 0.1) is 11.3 Å². The van der Waals surface area contributed by atoms with Crippen molar-refractivity contribution in [2.45, 2.75) is 25.2 Å². The Labute approximate surface area is 136 Å². The SMILES string of the molecule is COCC1(C(=O)N2C[C@H](C(=O)O)[C@H](c3ccccc3)C2)CCC1. The second kappa shape index (κ2) is 6.32. The van der Waals surface area contributed by atoms with Gasteiger partial charge < -0.3 is 14.7 Å². The van der Waals surface area contributed by atoms with Crippen LogP contribution in [0.2, 0.25) is 0 Å². The number of ether oxygens (including phenoxy) is 1. The summed E-state index contributed by atoms with van der Waals surface area (Å²) in [6.45, 7) is 1.19. The fourth-order valence-electron chi connectivity index (χ4n) is 3.89. The van der Waals surface area contributed by atoms with Gasteiger partial charge in [-0.1, -0.05) is 36.8 Å². The van der Waals surface area contributed by atoms with Gasteiger partial charge in [0.05, 0.1) is 17.9 Å². The van der Waals surface area contributed by atoms with Gasteiger partial charge in [0.25, 0.3) is 0 Å². The molecule has 0 aromatic heterocycles. The molecular formula is C18H23NO4. The lowest BCUT2D eigenvalue weighted by Crippen LogP contribution is -2.50. The number of aliphatic carboxylic acids is 1. The number of carboxylic acids is 1. The van der Waals surface area contributed by atoms with Crippen molar-refractivity contribution in [1.82, 2.24) is 4.90 Å². The van der Waals surface area contributed by atoms with Crippen LogP contribution in [0.5, 0.6) is 0 Å². The van der Waals surface area contributed by atoms with Crippen molar-refractivity contribution < 1.29 is 19.4 Å². The Morgan fingerprint density at radius 2 is 1.96 bits per heavy atom. The van der Waals surface area contributed by atoms with Gasteiger partial charge in [-0.2, -0.15) is 0 Å². The van der Waals surface area contributed by atoms with E-state index in [9.17, 15) is 14.7 Å². The standard InChI is InChI=1S/C18H23NO4/c1-23-12-18(8-5-9-18)17(22)19-10-14(15(11-19)16(20)21)13-6-3-2-4-7-13/h2-4,6-7,14-15H,5,8-12H2,1H3,(H,20,21)/t14-,15-/m0/s1. The van der Waals surface area contributed by atoms with Gasteiger partial charge in [-0.25, -0.2) is 0 Å². The highest BCUT2D eigenvalue weighted by Gasteiger charge is 2.50. The molecule has 1 saturated carbocycles. The molecule has 2 fully saturated rings. The number of hydrogen-bond donors (Lipinski definition) is 1. The number of rotatable bonds is 5. The van der Waals surface area contributed by atoms with E-state index in [1.807, 2.05) is 30.3 Å². The van der Waals surface area contributed by atoms with Gasteiger partial charge in [-0.15, -0.1) is 0 Å². The van der Waals surface area contributed by atoms with Crippen LogP contribution in [-0.2, 0) is 14.3 Å². The van der Waals surface area contributed by atoms with Gasteiger partial charge in [0.1, 0.15) is 0 Å². The lowest BCUT2D eigenvalue weighted by Gasteiger charge is -2.42. The summed E-state index contributed by atoms with van der Waals surface area (Å²) in [6.07, 6.45) is 2.71. The Morgan fingerprint density at radius 3 is 2.48 bits per heavy atom. The van der Waals surface area contributed by atoms with Crippen LogP contribution < -0.4 is 0 Å². The largest absolute Gasteiger partial charge is 0.481 e. The van der Waals surface area contributed by atoms with E-state index < -0.39 is 17.3 Å². The van der Waals surface area contributed by atoms with Crippen molar-refractivity contribution in [3.05, 3.63) is 35.9 Å². The number of hydrogen-bond acceptors (Lipinski definition) is 3. The van der Waals surface area contributed by atoms with Crippen LogP contribution in [0.15, 0.2) is 30.3 Å². The molecule has 2 aliphatic rings. The summed E-state index contributed by atoms with van der Waals surface area (Å²) in [7, 11) is 1.62. The third-order valence-electron chi connectivity index (χ3n) is 5.34. The number of nitrogens with zero attached hydrogens (tertiary/aromatic N) is 1. The smallest absolute Gasteiger partial charge is 0.308 e. The number of carbonyl (C=O) groups is 2. The van der Waals surface area contributed by atoms with E-state index in [4.69, 9.17) is 4.74 Å². The summed E-state index contributed by atoms with van der Waals surface area (Å²) in [5.74, 6) is -1.45. The number of benzene rings is 1. The van der Waals surface area contributed by atoms with E-state index >= 15 is 0 Å². The molecule has 0 unspecified atom stereocenters. The second-order valence-corrected chi connectivity index (χ2v) is 6.74. The maximum absolute atomic E-state index is 12.9. The Kier molecular flexibility index (Phi) is 4.39. The first-order valence-electron chi connectivity index (χ1n) is 8.13. The number of amides is 1. The van der Waals surface area contributed by atoms with Crippen LogP contribution >= 0.6 is 0 Å². The Bertz CT molecular complexity index is 582. The first kappa shape index (κ1) is 16.0. The molecule has 23 heavy (non-hydrogen) atoms. The van der Waals surface area contributed by atoms with Crippen LogP contribution in [0.25, 0.3) is 0 Å². The molecule has 1 amide bonds. The number of likely N-dealkylation sites (tertiary alicyclic amines) is 1. The number of carboxylic acid groups (broad SMARTS) is 1. The average Bonchev–Trinajstić information content (AvgIpc) is 2.96. The summed E-state index contributed by atoms with van der Waals surface area (Å²) in [5.41, 5.74) is 0.563. The normalized spacial score (nSPS) is 25.9. The van der Waals surface area contributed by atoms with Gasteiger partial charge in [0.2, 0.25) is 5.91 Å². The summed E-state index contributed by atoms with van der Waals surface area (Å²) in [5, 5.41) is 9.56. The molecule has 3 rings (SSSR count). The molecule has 0 bridgehead atoms. The van der Waals surface area contributed by atoms with Gasteiger partial charge in [-0.05, 0) is 18.4 Å². The summed E-state index contributed by atoms with van der Waals surface area (Å²) in [4.78, 5) is 26.3. The van der Waals surface area contributed by atoms with E-state index in [1.54, 1.807) is 12.0 Å². The third kappa shape index (κ3) is 2.85. The second-order valence-electron chi connectivity index (χ2n) is 6.74. The lowest BCUT2D eigenvalue weighted by molar-refractivity contribution is -0.151. The van der Waals surface area contributed by atoms with Crippen LogP contribution in [0.3, 0.4) is 0 Å². The van der Waals surface area contributed by atoms with Gasteiger partial charge in [-0.3, -0.25) is 9.59 Å². The molecule has 1 saturated heterocycles. The Morgan fingerprint density at radius 1 is 1.26 bits per heavy atom. The predicted molar refractivity (Wildman–Crippen MR) is 85.0 cm³/mol. The zero-order valence-corrected chi connectivity index (χ0v) is 13.4. The van der Waals surface area contributed by atoms with Gasteiger partial charge >= 0.3 is 5.97 Å². The molecule has 0 radical (unpaired) electrons. The molecule has 1 aliphatic carbocycles. The molecule has 124 valence electrons. The Hall–Kier alpha value is -1.88. The minimum absolute atomic E-state index is 0.0651. The van der Waals surface area contributed by atoms with Crippen LogP contribution in [-0.4, -0.2) is 48.7 Å². The van der Waals surface area contributed by atoms with E-state index in [1.165, 1.54) is 0 Å². The lowest BCUT2D eigenvalue weighted by atomic mass is 9.68. The Balaban J connectivity index is 1.80. The van der Waals surface area contributed by atoms with Crippen molar-refractivity contribution in [2.75, 3.05) is 26.8 Å². The van der Waals surface area contributed by atoms with Crippen molar-refractivity contribution in [3.63, 3.8) is 0 Å². The fraction of sp³-hybridized carbons (Fsp3) is 0.556. The molecule has 0 spiro atoms. The highest BCUT2D eigenvalue weighted by atomic mass is 16.5. The predicted octanol–water partition coefficient (Wildman–Crippen LogP) is 2.13. The van der Waals surface area contributed by atoms with E-state index in [-0.39, 0.29) is 11.8 Å². The first-order chi connectivity index (χ1) is 11.1. The molecule has 5 nitrogen and oxygen atoms in total. The van der Waals surface area contributed by atoms with Gasteiger partial charge in [0, 0.05) is 26.1 Å². The van der Waals surface area contributed by atoms with Crippen molar-refractivity contribution in [3.8, 4) is 0 Å². The monoisotopic (exact) mass is 317 g/mol. The summed E-state index contributed by atoms with van der Waals surface area (Å²) >= 11 is 0. The third-order valence-corrected chi connectivity index (χ3v) is 5.34. The summed E-state index contributed by atoms with van der Waals surface area (Å²) in [6, 6.07) is 9.64. The molecule has 1 aromatic rings. The molecule has 1 N–H and O–H groups in total. The summed E-state index contributed by atoms with van der Waals surface area (Å²) < 4.78 is 5.25. The minimum Gasteiger partial charge on any atom is -0.481 e. The minimum atomic E-state index is -0.830. The fourth-order valence-corrected chi connectivity index (χ4v) is 3.89. The first-order valence-corrected chi connectivity index (χ1v) is 8.13. The van der Waals surface area contributed by atoms with Crippen molar-refractivity contribution >= 4 is 11.9 Å². The molecule has 2 atom stereocenters. The zero-order chi connectivity index (χ0) is 16.4. The van der Waals surface area contributed by atoms with E-state index in [2.05, 4.69) is 0 Å². The van der Waals surface area contributed by atoms with Crippen LogP contribution in [0.1, 0.15) is 30.7 Å². The van der Waals surface area contributed by atoms with Gasteiger partial charge in [0.15, 0.2) is 0 Å². The molecular weight excluding hydrogens is 294 g/mol. The van der Waals surface area contributed by atoms with Crippen molar-refractivity contribution in [1.29, 1.82) is 0 Å². The maximum atomic E-state index is 12.9. The number of carbonyl (C=O) groups excluding carboxylic acids is 1. The van der Waals surface area contributed by atoms with E-state index in [0.717, 1.165) is 24.8 Å². The average molecular weight is 317 g/mol. The quantitative estimate of drug-likeness (QED) is 0.903. The van der Waals surface area contributed by atoms with E-state index in [0.29, 0.717) is 19.7 Å². The molecule has 1 heterocycles. The zero-order valence-electron chi connectivity index (χ0n) is 13.4. The number of methoxy groups -OCH3 is 1. The van der Waals surface area contributed by atoms with Crippen LogP contribution in [0.4, 0.5) is 0 Å². The topological polar surface area (TPSA) is 66.8 Å². The highest BCUT2D eigenvalue weighted by Crippen LogP contribution is 2.45. The molecule has 1 aromatic carbocycles. The molecule has 1 aliphatic heterocycles. The highest BCUT2D eigenvalue weighted by molar-refractivity contribution is 5.85. The van der Waals surface area contributed by atoms with Crippen molar-refractivity contribution in [2.24, 2.45) is 11.3 Å². The molecule has 5 heteroatoms.